The van der Waals surface area contributed by atoms with Crippen LogP contribution in [0.2, 0.25) is 0 Å². The summed E-state index contributed by atoms with van der Waals surface area (Å²) >= 11 is 1.47. The lowest BCUT2D eigenvalue weighted by Crippen LogP contribution is -2.48. The van der Waals surface area contributed by atoms with Gasteiger partial charge in [0.2, 0.25) is 5.91 Å². The van der Waals surface area contributed by atoms with E-state index in [-0.39, 0.29) is 17.7 Å². The van der Waals surface area contributed by atoms with Crippen LogP contribution in [0.25, 0.3) is 0 Å². The van der Waals surface area contributed by atoms with Crippen molar-refractivity contribution in [3.63, 3.8) is 0 Å². The molecule has 2 amide bonds. The van der Waals surface area contributed by atoms with E-state index in [1.807, 2.05) is 28.5 Å². The van der Waals surface area contributed by atoms with Crippen molar-refractivity contribution >= 4 is 23.2 Å². The Morgan fingerprint density at radius 3 is 2.59 bits per heavy atom. The zero-order valence-corrected chi connectivity index (χ0v) is 16.4. The van der Waals surface area contributed by atoms with Gasteiger partial charge < -0.3 is 9.80 Å². The molecule has 3 heterocycles. The SMILES string of the molecule is O=C(c1cccs1)N1CCCC(C(=O)N2CCCC2Cc2ccccc2)C1. The summed E-state index contributed by atoms with van der Waals surface area (Å²) in [6.07, 6.45) is 4.88. The monoisotopic (exact) mass is 382 g/mol. The Morgan fingerprint density at radius 1 is 1.00 bits per heavy atom. The average Bonchev–Trinajstić information content (AvgIpc) is 3.40. The number of benzene rings is 1. The lowest BCUT2D eigenvalue weighted by molar-refractivity contribution is -0.137. The maximum absolute atomic E-state index is 13.2. The second-order valence-electron chi connectivity index (χ2n) is 7.59. The van der Waals surface area contributed by atoms with Gasteiger partial charge in [-0.15, -0.1) is 11.3 Å². The fourth-order valence-electron chi connectivity index (χ4n) is 4.38. The first kappa shape index (κ1) is 18.2. The largest absolute Gasteiger partial charge is 0.339 e. The lowest BCUT2D eigenvalue weighted by Gasteiger charge is -2.35. The maximum Gasteiger partial charge on any atom is 0.263 e. The van der Waals surface area contributed by atoms with E-state index in [0.29, 0.717) is 12.6 Å². The molecule has 1 aromatic carbocycles. The van der Waals surface area contributed by atoms with E-state index >= 15 is 0 Å². The van der Waals surface area contributed by atoms with Crippen LogP contribution in [0.15, 0.2) is 47.8 Å². The number of amides is 2. The lowest BCUT2D eigenvalue weighted by atomic mass is 9.95. The summed E-state index contributed by atoms with van der Waals surface area (Å²) in [5.74, 6) is 0.265. The van der Waals surface area contributed by atoms with Gasteiger partial charge in [0.1, 0.15) is 0 Å². The van der Waals surface area contributed by atoms with Gasteiger partial charge in [-0.3, -0.25) is 9.59 Å². The highest BCUT2D eigenvalue weighted by molar-refractivity contribution is 7.12. The highest BCUT2D eigenvalue weighted by Gasteiger charge is 2.36. The fourth-order valence-corrected chi connectivity index (χ4v) is 5.07. The molecule has 2 unspecified atom stereocenters. The molecule has 0 aliphatic carbocycles. The van der Waals surface area contributed by atoms with Crippen molar-refractivity contribution in [2.75, 3.05) is 19.6 Å². The first-order valence-corrected chi connectivity index (χ1v) is 10.8. The number of hydrogen-bond acceptors (Lipinski definition) is 3. The maximum atomic E-state index is 13.2. The highest BCUT2D eigenvalue weighted by atomic mass is 32.1. The minimum absolute atomic E-state index is 0.0564. The molecule has 0 radical (unpaired) electrons. The van der Waals surface area contributed by atoms with Crippen LogP contribution in [0.5, 0.6) is 0 Å². The van der Waals surface area contributed by atoms with Gasteiger partial charge in [-0.25, -0.2) is 0 Å². The number of carbonyl (C=O) groups is 2. The molecule has 27 heavy (non-hydrogen) atoms. The molecule has 2 aliphatic rings. The molecule has 0 bridgehead atoms. The Morgan fingerprint density at radius 2 is 1.81 bits per heavy atom. The molecule has 4 nitrogen and oxygen atoms in total. The number of rotatable bonds is 4. The van der Waals surface area contributed by atoms with Crippen LogP contribution in [0.1, 0.15) is 40.9 Å². The molecule has 2 fully saturated rings. The van der Waals surface area contributed by atoms with Crippen LogP contribution >= 0.6 is 11.3 Å². The first-order valence-electron chi connectivity index (χ1n) is 9.89. The van der Waals surface area contributed by atoms with Gasteiger partial charge in [-0.1, -0.05) is 36.4 Å². The molecule has 0 spiro atoms. The topological polar surface area (TPSA) is 40.6 Å². The summed E-state index contributed by atoms with van der Waals surface area (Å²) in [5.41, 5.74) is 1.29. The van der Waals surface area contributed by atoms with Crippen molar-refractivity contribution in [1.82, 2.24) is 9.80 Å². The van der Waals surface area contributed by atoms with E-state index in [0.717, 1.165) is 50.1 Å². The van der Waals surface area contributed by atoms with Crippen molar-refractivity contribution in [3.05, 3.63) is 58.3 Å². The number of nitrogens with zero attached hydrogens (tertiary/aromatic N) is 2. The molecule has 2 aromatic rings. The Labute approximate surface area is 164 Å². The van der Waals surface area contributed by atoms with Gasteiger partial charge in [-0.2, -0.15) is 0 Å². The van der Waals surface area contributed by atoms with Crippen LogP contribution in [0.3, 0.4) is 0 Å². The van der Waals surface area contributed by atoms with Crippen molar-refractivity contribution < 1.29 is 9.59 Å². The predicted molar refractivity (Wildman–Crippen MR) is 108 cm³/mol. The normalized spacial score (nSPS) is 22.8. The predicted octanol–water partition coefficient (Wildman–Crippen LogP) is 3.83. The molecular formula is C22H26N2O2S. The minimum atomic E-state index is -0.0564. The molecule has 1 aromatic heterocycles. The van der Waals surface area contributed by atoms with Crippen LogP contribution in [-0.4, -0.2) is 47.3 Å². The van der Waals surface area contributed by atoms with E-state index in [4.69, 9.17) is 0 Å². The molecule has 2 atom stereocenters. The number of carbonyl (C=O) groups excluding carboxylic acids is 2. The summed E-state index contributed by atoms with van der Waals surface area (Å²) in [4.78, 5) is 30.7. The van der Waals surface area contributed by atoms with Crippen molar-refractivity contribution in [2.24, 2.45) is 5.92 Å². The third-order valence-corrected chi connectivity index (χ3v) is 6.62. The Hall–Kier alpha value is -2.14. The van der Waals surface area contributed by atoms with E-state index in [9.17, 15) is 9.59 Å². The highest BCUT2D eigenvalue weighted by Crippen LogP contribution is 2.27. The van der Waals surface area contributed by atoms with Gasteiger partial charge in [0.15, 0.2) is 0 Å². The molecule has 0 N–H and O–H groups in total. The van der Waals surface area contributed by atoms with Crippen molar-refractivity contribution in [2.45, 2.75) is 38.1 Å². The van der Waals surface area contributed by atoms with Gasteiger partial charge in [0.05, 0.1) is 10.8 Å². The number of thiophene rings is 1. The number of likely N-dealkylation sites (tertiary alicyclic amines) is 2. The van der Waals surface area contributed by atoms with E-state index in [2.05, 4.69) is 29.2 Å². The summed E-state index contributed by atoms with van der Waals surface area (Å²) in [6, 6.07) is 14.5. The molecule has 5 heteroatoms. The van der Waals surface area contributed by atoms with Gasteiger partial charge >= 0.3 is 0 Å². The number of piperidine rings is 1. The van der Waals surface area contributed by atoms with E-state index < -0.39 is 0 Å². The second-order valence-corrected chi connectivity index (χ2v) is 8.53. The average molecular weight is 383 g/mol. The quantitative estimate of drug-likeness (QED) is 0.806. The van der Waals surface area contributed by atoms with Gasteiger partial charge in [0.25, 0.3) is 5.91 Å². The van der Waals surface area contributed by atoms with Crippen LogP contribution in [-0.2, 0) is 11.2 Å². The third kappa shape index (κ3) is 4.08. The molecule has 2 aliphatic heterocycles. The Balaban J connectivity index is 1.41. The Kier molecular flexibility index (Phi) is 5.58. The van der Waals surface area contributed by atoms with Gasteiger partial charge in [0, 0.05) is 25.7 Å². The zero-order valence-electron chi connectivity index (χ0n) is 15.5. The minimum Gasteiger partial charge on any atom is -0.339 e. The first-order chi connectivity index (χ1) is 13.2. The van der Waals surface area contributed by atoms with Crippen LogP contribution in [0.4, 0.5) is 0 Å². The zero-order chi connectivity index (χ0) is 18.6. The smallest absolute Gasteiger partial charge is 0.263 e. The van der Waals surface area contributed by atoms with E-state index in [1.54, 1.807) is 0 Å². The van der Waals surface area contributed by atoms with Crippen LogP contribution < -0.4 is 0 Å². The molecule has 142 valence electrons. The molecule has 2 saturated heterocycles. The number of hydrogen-bond donors (Lipinski definition) is 0. The summed E-state index contributed by atoms with van der Waals surface area (Å²) < 4.78 is 0. The summed E-state index contributed by atoms with van der Waals surface area (Å²) in [5, 5.41) is 1.93. The standard InChI is InChI=1S/C22H26N2O2S/c25-21(24-13-5-10-19(24)15-17-7-2-1-3-8-17)18-9-4-12-23(16-18)22(26)20-11-6-14-27-20/h1-3,6-8,11,14,18-19H,4-5,9-10,12-13,15-16H2. The molecule has 4 rings (SSSR count). The van der Waals surface area contributed by atoms with Crippen molar-refractivity contribution in [1.29, 1.82) is 0 Å². The molecule has 0 saturated carbocycles. The van der Waals surface area contributed by atoms with E-state index in [1.165, 1.54) is 16.9 Å². The molecular weight excluding hydrogens is 356 g/mol. The fraction of sp³-hybridized carbons (Fsp3) is 0.455. The summed E-state index contributed by atoms with van der Waals surface area (Å²) in [6.45, 7) is 2.17. The van der Waals surface area contributed by atoms with Crippen LogP contribution in [0, 0.1) is 5.92 Å². The Bertz CT molecular complexity index is 775. The second kappa shape index (κ2) is 8.26. The van der Waals surface area contributed by atoms with Crippen molar-refractivity contribution in [3.8, 4) is 0 Å². The van der Waals surface area contributed by atoms with Gasteiger partial charge in [-0.05, 0) is 49.1 Å². The summed E-state index contributed by atoms with van der Waals surface area (Å²) in [7, 11) is 0. The third-order valence-electron chi connectivity index (χ3n) is 5.76.